The zero-order valence-electron chi connectivity index (χ0n) is 10.9. The predicted molar refractivity (Wildman–Crippen MR) is 78.0 cm³/mol. The van der Waals surface area contributed by atoms with Crippen molar-refractivity contribution < 1.29 is 4.52 Å². The molecule has 0 bridgehead atoms. The third-order valence-corrected chi connectivity index (χ3v) is 3.62. The van der Waals surface area contributed by atoms with Gasteiger partial charge in [-0.15, -0.1) is 11.6 Å². The number of pyridine rings is 1. The standard InChI is InChI=1S/C14H10ClN5O/c15-5-13-18-11-6-16-10-4-2-1-3-9(10)14(11)20(13)7-12-17-8-21-19-12/h1-4,6,8H,5,7H2. The minimum absolute atomic E-state index is 0.306. The number of benzene rings is 1. The van der Waals surface area contributed by atoms with E-state index in [1.165, 1.54) is 6.39 Å². The molecule has 3 heterocycles. The topological polar surface area (TPSA) is 69.6 Å². The number of halogens is 1. The molecule has 3 aromatic heterocycles. The van der Waals surface area contributed by atoms with Crippen LogP contribution in [0, 0.1) is 0 Å². The normalized spacial score (nSPS) is 11.5. The molecule has 0 amide bonds. The molecule has 0 saturated carbocycles. The van der Waals surface area contributed by atoms with E-state index in [1.807, 2.05) is 28.8 Å². The number of para-hydroxylation sites is 1. The van der Waals surface area contributed by atoms with Crippen LogP contribution in [0.3, 0.4) is 0 Å². The lowest BCUT2D eigenvalue weighted by Crippen LogP contribution is -2.05. The molecular weight excluding hydrogens is 290 g/mol. The van der Waals surface area contributed by atoms with Gasteiger partial charge in [0, 0.05) is 5.39 Å². The Labute approximate surface area is 124 Å². The maximum Gasteiger partial charge on any atom is 0.213 e. The average Bonchev–Trinajstić information content (AvgIpc) is 3.15. The highest BCUT2D eigenvalue weighted by atomic mass is 35.5. The summed E-state index contributed by atoms with van der Waals surface area (Å²) >= 11 is 6.03. The zero-order chi connectivity index (χ0) is 14.2. The van der Waals surface area contributed by atoms with Crippen LogP contribution in [0.25, 0.3) is 21.9 Å². The van der Waals surface area contributed by atoms with Crippen molar-refractivity contribution in [1.29, 1.82) is 0 Å². The molecular formula is C14H10ClN5O. The van der Waals surface area contributed by atoms with Crippen molar-refractivity contribution in [1.82, 2.24) is 24.7 Å². The largest absolute Gasteiger partial charge is 0.343 e. The highest BCUT2D eigenvalue weighted by Gasteiger charge is 2.15. The van der Waals surface area contributed by atoms with Gasteiger partial charge in [-0.1, -0.05) is 23.4 Å². The van der Waals surface area contributed by atoms with Crippen LogP contribution in [-0.4, -0.2) is 24.7 Å². The third-order valence-electron chi connectivity index (χ3n) is 3.38. The Morgan fingerprint density at radius 2 is 2.05 bits per heavy atom. The fourth-order valence-electron chi connectivity index (χ4n) is 2.49. The molecule has 0 spiro atoms. The third kappa shape index (κ3) is 1.95. The van der Waals surface area contributed by atoms with Gasteiger partial charge in [-0.3, -0.25) is 4.98 Å². The summed E-state index contributed by atoms with van der Waals surface area (Å²) in [6, 6.07) is 7.94. The van der Waals surface area contributed by atoms with Crippen molar-refractivity contribution >= 4 is 33.5 Å². The first-order valence-corrected chi connectivity index (χ1v) is 6.94. The van der Waals surface area contributed by atoms with Crippen molar-refractivity contribution in [2.24, 2.45) is 0 Å². The van der Waals surface area contributed by atoms with E-state index in [2.05, 4.69) is 20.1 Å². The Balaban J connectivity index is 2.03. The van der Waals surface area contributed by atoms with E-state index in [0.29, 0.717) is 18.2 Å². The highest BCUT2D eigenvalue weighted by Crippen LogP contribution is 2.25. The number of fused-ring (bicyclic) bond motifs is 3. The van der Waals surface area contributed by atoms with E-state index < -0.39 is 0 Å². The molecule has 0 radical (unpaired) electrons. The quantitative estimate of drug-likeness (QED) is 0.544. The van der Waals surface area contributed by atoms with Gasteiger partial charge in [0.2, 0.25) is 6.39 Å². The van der Waals surface area contributed by atoms with Crippen LogP contribution >= 0.6 is 11.6 Å². The lowest BCUT2D eigenvalue weighted by molar-refractivity contribution is 0.408. The lowest BCUT2D eigenvalue weighted by atomic mass is 10.2. The Morgan fingerprint density at radius 3 is 2.86 bits per heavy atom. The maximum atomic E-state index is 6.03. The van der Waals surface area contributed by atoms with Crippen LogP contribution < -0.4 is 0 Å². The number of hydrogen-bond acceptors (Lipinski definition) is 5. The second-order valence-electron chi connectivity index (χ2n) is 4.60. The summed E-state index contributed by atoms with van der Waals surface area (Å²) in [6.45, 7) is 0.461. The van der Waals surface area contributed by atoms with Gasteiger partial charge >= 0.3 is 0 Å². The molecule has 0 aliphatic rings. The smallest absolute Gasteiger partial charge is 0.213 e. The van der Waals surface area contributed by atoms with Gasteiger partial charge in [0.15, 0.2) is 5.82 Å². The molecule has 21 heavy (non-hydrogen) atoms. The fourth-order valence-corrected chi connectivity index (χ4v) is 2.69. The predicted octanol–water partition coefficient (Wildman–Crippen LogP) is 2.75. The van der Waals surface area contributed by atoms with Gasteiger partial charge in [-0.2, -0.15) is 4.98 Å². The number of aromatic nitrogens is 5. The maximum absolute atomic E-state index is 6.03. The fraction of sp³-hybridized carbons (Fsp3) is 0.143. The van der Waals surface area contributed by atoms with E-state index in [1.54, 1.807) is 6.20 Å². The van der Waals surface area contributed by atoms with E-state index >= 15 is 0 Å². The molecule has 0 saturated heterocycles. The molecule has 0 fully saturated rings. The van der Waals surface area contributed by atoms with Crippen molar-refractivity contribution in [3.05, 3.63) is 48.5 Å². The van der Waals surface area contributed by atoms with Gasteiger partial charge in [-0.05, 0) is 6.07 Å². The molecule has 1 aromatic carbocycles. The van der Waals surface area contributed by atoms with E-state index in [4.69, 9.17) is 16.1 Å². The summed E-state index contributed by atoms with van der Waals surface area (Å²) in [7, 11) is 0. The van der Waals surface area contributed by atoms with Gasteiger partial charge in [0.05, 0.1) is 29.7 Å². The zero-order valence-corrected chi connectivity index (χ0v) is 11.7. The lowest BCUT2D eigenvalue weighted by Gasteiger charge is -2.06. The summed E-state index contributed by atoms with van der Waals surface area (Å²) < 4.78 is 6.81. The number of alkyl halides is 1. The van der Waals surface area contributed by atoms with Crippen molar-refractivity contribution in [3.8, 4) is 0 Å². The van der Waals surface area contributed by atoms with Crippen molar-refractivity contribution in [2.75, 3.05) is 0 Å². The number of nitrogens with zero attached hydrogens (tertiary/aromatic N) is 5. The Kier molecular flexibility index (Phi) is 2.82. The van der Waals surface area contributed by atoms with Crippen molar-refractivity contribution in [3.63, 3.8) is 0 Å². The number of imidazole rings is 1. The average molecular weight is 300 g/mol. The molecule has 104 valence electrons. The molecule has 0 aliphatic heterocycles. The van der Waals surface area contributed by atoms with Crippen LogP contribution in [-0.2, 0) is 12.4 Å². The molecule has 4 rings (SSSR count). The molecule has 0 unspecified atom stereocenters. The second-order valence-corrected chi connectivity index (χ2v) is 4.87. The summed E-state index contributed by atoms with van der Waals surface area (Å²) in [5.41, 5.74) is 2.72. The van der Waals surface area contributed by atoms with Gasteiger partial charge in [0.25, 0.3) is 0 Å². The minimum atomic E-state index is 0.306. The van der Waals surface area contributed by atoms with Crippen LogP contribution in [0.1, 0.15) is 11.6 Å². The molecule has 0 atom stereocenters. The molecule has 0 aliphatic carbocycles. The Bertz CT molecular complexity index is 916. The molecule has 4 aromatic rings. The van der Waals surface area contributed by atoms with Crippen LogP contribution in [0.2, 0.25) is 0 Å². The van der Waals surface area contributed by atoms with E-state index in [0.717, 1.165) is 27.8 Å². The first kappa shape index (κ1) is 12.3. The van der Waals surface area contributed by atoms with E-state index in [9.17, 15) is 0 Å². The second kappa shape index (κ2) is 4.82. The summed E-state index contributed by atoms with van der Waals surface area (Å²) in [4.78, 5) is 13.0. The summed E-state index contributed by atoms with van der Waals surface area (Å²) in [6.07, 6.45) is 3.08. The first-order valence-electron chi connectivity index (χ1n) is 6.41. The van der Waals surface area contributed by atoms with Gasteiger partial charge in [-0.25, -0.2) is 4.98 Å². The highest BCUT2D eigenvalue weighted by molar-refractivity contribution is 6.17. The minimum Gasteiger partial charge on any atom is -0.343 e. The van der Waals surface area contributed by atoms with Crippen molar-refractivity contribution in [2.45, 2.75) is 12.4 Å². The Hall–Kier alpha value is -2.47. The van der Waals surface area contributed by atoms with Crippen LogP contribution in [0.15, 0.2) is 41.4 Å². The number of rotatable bonds is 3. The summed E-state index contributed by atoms with van der Waals surface area (Å²) in [5, 5.41) is 4.89. The Morgan fingerprint density at radius 1 is 1.14 bits per heavy atom. The molecule has 6 nitrogen and oxygen atoms in total. The van der Waals surface area contributed by atoms with E-state index in [-0.39, 0.29) is 0 Å². The molecule has 0 N–H and O–H groups in total. The van der Waals surface area contributed by atoms with Gasteiger partial charge in [0.1, 0.15) is 11.3 Å². The van der Waals surface area contributed by atoms with Crippen LogP contribution in [0.5, 0.6) is 0 Å². The monoisotopic (exact) mass is 299 g/mol. The molecule has 7 heteroatoms. The first-order chi connectivity index (χ1) is 10.4. The summed E-state index contributed by atoms with van der Waals surface area (Å²) in [5.74, 6) is 1.65. The SMILES string of the molecule is ClCc1nc2cnc3ccccc3c2n1Cc1ncon1. The van der Waals surface area contributed by atoms with Gasteiger partial charge < -0.3 is 9.09 Å². The number of hydrogen-bond donors (Lipinski definition) is 0. The van der Waals surface area contributed by atoms with Crippen LogP contribution in [0.4, 0.5) is 0 Å².